The molecule has 0 amide bonds. The first-order chi connectivity index (χ1) is 25.5. The highest BCUT2D eigenvalue weighted by Gasteiger charge is 2.36. The van der Waals surface area contributed by atoms with Crippen molar-refractivity contribution in [2.45, 2.75) is 19.3 Å². The van der Waals surface area contributed by atoms with E-state index in [0.717, 1.165) is 82.8 Å². The standard InChI is InChI=1S/C49H33NO2/c1-49(2)42-18-10-8-16-36(42)37-24-21-32(28-43(37)49)50(33-22-25-39-38-17-9-11-19-44(38)51-45(39)29-33)46-34(30-12-4-3-5-13-30)26-27-41-40-23-20-31-14-6-7-15-35(31)47(40)52-48(41)46/h3-29H,1-2H3. The Balaban J connectivity index is 1.26. The molecule has 0 unspecified atom stereocenters. The van der Waals surface area contributed by atoms with Gasteiger partial charge in [0.25, 0.3) is 0 Å². The van der Waals surface area contributed by atoms with Gasteiger partial charge in [-0.05, 0) is 75.7 Å². The zero-order valence-electron chi connectivity index (χ0n) is 28.9. The molecule has 0 bridgehead atoms. The van der Waals surface area contributed by atoms with Crippen LogP contribution in [-0.2, 0) is 5.41 Å². The molecule has 8 aromatic carbocycles. The van der Waals surface area contributed by atoms with Crippen LogP contribution in [0.3, 0.4) is 0 Å². The summed E-state index contributed by atoms with van der Waals surface area (Å²) in [5.41, 5.74) is 13.8. The average Bonchev–Trinajstić information content (AvgIpc) is 3.83. The SMILES string of the molecule is CC1(C)c2ccccc2-c2ccc(N(c3ccc4c(c3)oc3ccccc34)c3c(-c4ccccc4)ccc4c3oc3c5ccccc5ccc43)cc21. The average molecular weight is 668 g/mol. The summed E-state index contributed by atoms with van der Waals surface area (Å²) in [6, 6.07) is 58.7. The van der Waals surface area contributed by atoms with Gasteiger partial charge in [0.05, 0.1) is 11.4 Å². The minimum absolute atomic E-state index is 0.164. The molecule has 2 aromatic heterocycles. The van der Waals surface area contributed by atoms with Gasteiger partial charge in [-0.25, -0.2) is 0 Å². The van der Waals surface area contributed by atoms with Crippen LogP contribution >= 0.6 is 0 Å². The highest BCUT2D eigenvalue weighted by molar-refractivity contribution is 6.19. The molecule has 0 atom stereocenters. The van der Waals surface area contributed by atoms with E-state index in [1.165, 1.54) is 22.3 Å². The number of anilines is 3. The summed E-state index contributed by atoms with van der Waals surface area (Å²) in [6.45, 7) is 4.68. The fourth-order valence-corrected chi connectivity index (χ4v) is 8.72. The first kappa shape index (κ1) is 29.2. The molecule has 0 fully saturated rings. The lowest BCUT2D eigenvalue weighted by atomic mass is 9.82. The summed E-state index contributed by atoms with van der Waals surface area (Å²) in [4.78, 5) is 2.39. The summed E-state index contributed by atoms with van der Waals surface area (Å²) >= 11 is 0. The second kappa shape index (κ2) is 10.7. The molecule has 2 heterocycles. The number of fused-ring (bicyclic) bond motifs is 11. The van der Waals surface area contributed by atoms with E-state index in [4.69, 9.17) is 8.83 Å². The quantitative estimate of drug-likeness (QED) is 0.187. The van der Waals surface area contributed by atoms with Crippen LogP contribution in [0.2, 0.25) is 0 Å². The van der Waals surface area contributed by atoms with Crippen LogP contribution in [0.4, 0.5) is 17.1 Å². The lowest BCUT2D eigenvalue weighted by Crippen LogP contribution is -2.17. The van der Waals surface area contributed by atoms with Crippen LogP contribution in [-0.4, -0.2) is 0 Å². The Labute approximate surface area is 301 Å². The second-order valence-electron chi connectivity index (χ2n) is 14.5. The van der Waals surface area contributed by atoms with E-state index in [9.17, 15) is 0 Å². The summed E-state index contributed by atoms with van der Waals surface area (Å²) in [5.74, 6) is 0. The minimum atomic E-state index is -0.164. The molecule has 3 heteroatoms. The van der Waals surface area contributed by atoms with Crippen molar-refractivity contribution in [1.82, 2.24) is 0 Å². The Morgan fingerprint density at radius 2 is 1.06 bits per heavy atom. The molecule has 0 N–H and O–H groups in total. The van der Waals surface area contributed by atoms with Crippen LogP contribution in [0.15, 0.2) is 173 Å². The maximum atomic E-state index is 7.14. The van der Waals surface area contributed by atoms with E-state index in [0.29, 0.717) is 0 Å². The molecule has 0 radical (unpaired) electrons. The molecular formula is C49H33NO2. The van der Waals surface area contributed by atoms with Crippen molar-refractivity contribution in [2.24, 2.45) is 0 Å². The molecule has 10 aromatic rings. The van der Waals surface area contributed by atoms with Gasteiger partial charge in [0.2, 0.25) is 0 Å². The Kier molecular flexibility index (Phi) is 6.01. The third kappa shape index (κ3) is 4.08. The van der Waals surface area contributed by atoms with E-state index in [2.05, 4.69) is 170 Å². The summed E-state index contributed by atoms with van der Waals surface area (Å²) < 4.78 is 13.7. The minimum Gasteiger partial charge on any atom is -0.456 e. The van der Waals surface area contributed by atoms with Gasteiger partial charge in [-0.15, -0.1) is 0 Å². The highest BCUT2D eigenvalue weighted by atomic mass is 16.3. The van der Waals surface area contributed by atoms with E-state index >= 15 is 0 Å². The van der Waals surface area contributed by atoms with Gasteiger partial charge in [-0.1, -0.05) is 129 Å². The number of benzene rings is 8. The van der Waals surface area contributed by atoms with Gasteiger partial charge in [0.15, 0.2) is 5.58 Å². The molecule has 1 aliphatic carbocycles. The maximum absolute atomic E-state index is 7.14. The van der Waals surface area contributed by atoms with Crippen LogP contribution in [0.5, 0.6) is 0 Å². The van der Waals surface area contributed by atoms with Crippen molar-refractivity contribution >= 4 is 71.7 Å². The first-order valence-corrected chi connectivity index (χ1v) is 17.9. The van der Waals surface area contributed by atoms with E-state index < -0.39 is 0 Å². The molecular weight excluding hydrogens is 635 g/mol. The zero-order chi connectivity index (χ0) is 34.6. The van der Waals surface area contributed by atoms with Gasteiger partial charge < -0.3 is 13.7 Å². The number of hydrogen-bond donors (Lipinski definition) is 0. The Morgan fingerprint density at radius 1 is 0.423 bits per heavy atom. The zero-order valence-corrected chi connectivity index (χ0v) is 28.9. The number of furan rings is 2. The highest BCUT2D eigenvalue weighted by Crippen LogP contribution is 2.53. The lowest BCUT2D eigenvalue weighted by molar-refractivity contribution is 0.660. The van der Waals surface area contributed by atoms with Gasteiger partial charge >= 0.3 is 0 Å². The van der Waals surface area contributed by atoms with Gasteiger partial charge in [0.1, 0.15) is 16.7 Å². The fourth-order valence-electron chi connectivity index (χ4n) is 8.72. The third-order valence-electron chi connectivity index (χ3n) is 11.3. The molecule has 0 spiro atoms. The molecule has 246 valence electrons. The van der Waals surface area contributed by atoms with E-state index in [1.54, 1.807) is 0 Å². The maximum Gasteiger partial charge on any atom is 0.160 e. The molecule has 1 aliphatic rings. The van der Waals surface area contributed by atoms with E-state index in [-0.39, 0.29) is 5.41 Å². The normalized spacial score (nSPS) is 13.3. The Morgan fingerprint density at radius 3 is 1.96 bits per heavy atom. The molecule has 0 saturated heterocycles. The van der Waals surface area contributed by atoms with Crippen molar-refractivity contribution in [3.63, 3.8) is 0 Å². The second-order valence-corrected chi connectivity index (χ2v) is 14.5. The van der Waals surface area contributed by atoms with Crippen molar-refractivity contribution in [3.05, 3.63) is 175 Å². The fraction of sp³-hybridized carbons (Fsp3) is 0.0612. The molecule has 0 saturated carbocycles. The number of hydrogen-bond acceptors (Lipinski definition) is 3. The first-order valence-electron chi connectivity index (χ1n) is 17.9. The Bertz CT molecular complexity index is 3050. The molecule has 3 nitrogen and oxygen atoms in total. The number of nitrogens with zero attached hydrogens (tertiary/aromatic N) is 1. The predicted molar refractivity (Wildman–Crippen MR) is 216 cm³/mol. The van der Waals surface area contributed by atoms with Gasteiger partial charge in [0, 0.05) is 49.7 Å². The number of rotatable bonds is 4. The molecule has 0 aliphatic heterocycles. The third-order valence-corrected chi connectivity index (χ3v) is 11.3. The van der Waals surface area contributed by atoms with Crippen molar-refractivity contribution in [1.29, 1.82) is 0 Å². The Hall–Kier alpha value is -6.58. The molecule has 52 heavy (non-hydrogen) atoms. The van der Waals surface area contributed by atoms with Crippen molar-refractivity contribution in [3.8, 4) is 22.3 Å². The predicted octanol–water partition coefficient (Wildman–Crippen LogP) is 14.1. The molecule has 11 rings (SSSR count). The van der Waals surface area contributed by atoms with Crippen molar-refractivity contribution < 1.29 is 8.83 Å². The smallest absolute Gasteiger partial charge is 0.160 e. The topological polar surface area (TPSA) is 29.5 Å². The number of para-hydroxylation sites is 1. The summed E-state index contributed by atoms with van der Waals surface area (Å²) in [6.07, 6.45) is 0. The van der Waals surface area contributed by atoms with Gasteiger partial charge in [-0.2, -0.15) is 0 Å². The van der Waals surface area contributed by atoms with Crippen LogP contribution in [0, 0.1) is 0 Å². The lowest BCUT2D eigenvalue weighted by Gasteiger charge is -2.29. The van der Waals surface area contributed by atoms with Gasteiger partial charge in [-0.3, -0.25) is 0 Å². The summed E-state index contributed by atoms with van der Waals surface area (Å²) in [5, 5.41) is 6.67. The van der Waals surface area contributed by atoms with Crippen molar-refractivity contribution in [2.75, 3.05) is 4.90 Å². The van der Waals surface area contributed by atoms with E-state index in [1.807, 2.05) is 12.1 Å². The van der Waals surface area contributed by atoms with Crippen LogP contribution in [0.25, 0.3) is 76.9 Å². The largest absolute Gasteiger partial charge is 0.456 e. The monoisotopic (exact) mass is 667 g/mol. The summed E-state index contributed by atoms with van der Waals surface area (Å²) in [7, 11) is 0. The van der Waals surface area contributed by atoms with Crippen LogP contribution in [0.1, 0.15) is 25.0 Å². The van der Waals surface area contributed by atoms with Crippen LogP contribution < -0.4 is 4.90 Å².